The average molecular weight is 325 g/mol. The zero-order chi connectivity index (χ0) is 16.5. The van der Waals surface area contributed by atoms with Crippen molar-refractivity contribution in [2.45, 2.75) is 45.0 Å². The molecule has 0 aromatic heterocycles. The fraction of sp³-hybridized carbons (Fsp3) is 0.500. The van der Waals surface area contributed by atoms with Gasteiger partial charge < -0.3 is 15.2 Å². The van der Waals surface area contributed by atoms with E-state index in [1.807, 2.05) is 6.92 Å². The van der Waals surface area contributed by atoms with Gasteiger partial charge in [-0.2, -0.15) is 0 Å². The number of benzene rings is 1. The van der Waals surface area contributed by atoms with Crippen LogP contribution in [0.4, 0.5) is 0 Å². The van der Waals surface area contributed by atoms with Gasteiger partial charge in [0.2, 0.25) is 0 Å². The molecule has 2 N–H and O–H groups in total. The van der Waals surface area contributed by atoms with E-state index < -0.39 is 12.0 Å². The lowest BCUT2D eigenvalue weighted by Gasteiger charge is -2.13. The van der Waals surface area contributed by atoms with Crippen molar-refractivity contribution in [2.75, 3.05) is 5.75 Å². The molecule has 0 saturated carbocycles. The fourth-order valence-corrected chi connectivity index (χ4v) is 2.51. The zero-order valence-electron chi connectivity index (χ0n) is 13.2. The first kappa shape index (κ1) is 18.4. The van der Waals surface area contributed by atoms with E-state index in [0.29, 0.717) is 11.5 Å². The summed E-state index contributed by atoms with van der Waals surface area (Å²) in [5.41, 5.74) is 5.13. The summed E-state index contributed by atoms with van der Waals surface area (Å²) in [7, 11) is 0. The van der Waals surface area contributed by atoms with Gasteiger partial charge in [-0.3, -0.25) is 9.59 Å². The van der Waals surface area contributed by atoms with E-state index in [0.717, 1.165) is 18.6 Å². The van der Waals surface area contributed by atoms with Crippen molar-refractivity contribution >= 4 is 23.6 Å². The maximum Gasteiger partial charge on any atom is 0.324 e. The van der Waals surface area contributed by atoms with Gasteiger partial charge in [0.1, 0.15) is 16.7 Å². The summed E-state index contributed by atoms with van der Waals surface area (Å²) >= 11 is 1.59. The normalized spacial score (nSPS) is 13.2. The molecule has 2 atom stereocenters. The third kappa shape index (κ3) is 6.39. The van der Waals surface area contributed by atoms with Crippen molar-refractivity contribution in [1.29, 1.82) is 0 Å². The Morgan fingerprint density at radius 1 is 1.18 bits per heavy atom. The monoisotopic (exact) mass is 325 g/mol. The second kappa shape index (κ2) is 9.35. The van der Waals surface area contributed by atoms with Crippen LogP contribution in [0.2, 0.25) is 0 Å². The molecule has 1 amide bonds. The van der Waals surface area contributed by atoms with E-state index in [4.69, 9.17) is 15.2 Å². The number of nitrogens with two attached hydrogens (primary N) is 1. The van der Waals surface area contributed by atoms with E-state index in [1.54, 1.807) is 43.0 Å². The topological polar surface area (TPSA) is 78.6 Å². The summed E-state index contributed by atoms with van der Waals surface area (Å²) in [4.78, 5) is 22.8. The summed E-state index contributed by atoms with van der Waals surface area (Å²) < 4.78 is 10.6. The molecule has 0 saturated heterocycles. The van der Waals surface area contributed by atoms with E-state index >= 15 is 0 Å². The molecule has 0 aliphatic rings. The number of hydrogen-bond donors (Lipinski definition) is 1. The molecule has 0 heterocycles. The van der Waals surface area contributed by atoms with Crippen molar-refractivity contribution in [1.82, 2.24) is 0 Å². The van der Waals surface area contributed by atoms with Crippen molar-refractivity contribution in [3.63, 3.8) is 0 Å². The summed E-state index contributed by atoms with van der Waals surface area (Å²) in [6, 6.07) is 6.53. The quantitative estimate of drug-likeness (QED) is 0.429. The average Bonchev–Trinajstić information content (AvgIpc) is 2.49. The highest BCUT2D eigenvalue weighted by Gasteiger charge is 2.16. The molecule has 22 heavy (non-hydrogen) atoms. The number of rotatable bonds is 9. The fourth-order valence-electron chi connectivity index (χ4n) is 1.52. The van der Waals surface area contributed by atoms with Gasteiger partial charge in [-0.15, -0.1) is 11.8 Å². The molecule has 0 bridgehead atoms. The van der Waals surface area contributed by atoms with E-state index in [2.05, 4.69) is 6.92 Å². The van der Waals surface area contributed by atoms with Crippen LogP contribution in [-0.2, 0) is 9.59 Å². The maximum absolute atomic E-state index is 11.9. The highest BCUT2D eigenvalue weighted by atomic mass is 32.2. The number of esters is 1. The number of hydrogen-bond acceptors (Lipinski definition) is 5. The molecule has 1 aromatic carbocycles. The lowest BCUT2D eigenvalue weighted by Crippen LogP contribution is -2.30. The van der Waals surface area contributed by atoms with Gasteiger partial charge in [0, 0.05) is 0 Å². The van der Waals surface area contributed by atoms with Gasteiger partial charge in [0.15, 0.2) is 6.10 Å². The summed E-state index contributed by atoms with van der Waals surface area (Å²) in [5, 5.41) is -0.197. The van der Waals surface area contributed by atoms with Crippen LogP contribution >= 0.6 is 11.8 Å². The number of ether oxygens (including phenoxy) is 2. The first-order chi connectivity index (χ1) is 10.4. The third-order valence-corrected chi connectivity index (χ3v) is 4.17. The number of thioether (sulfide) groups is 1. The minimum absolute atomic E-state index is 0.197. The van der Waals surface area contributed by atoms with E-state index in [-0.39, 0.29) is 11.2 Å². The molecule has 0 spiro atoms. The Bertz CT molecular complexity index is 489. The molecule has 0 aliphatic heterocycles. The van der Waals surface area contributed by atoms with Crippen LogP contribution in [0.5, 0.6) is 11.5 Å². The van der Waals surface area contributed by atoms with Crippen LogP contribution in [0.3, 0.4) is 0 Å². The van der Waals surface area contributed by atoms with Crippen LogP contribution in [0.15, 0.2) is 24.3 Å². The minimum atomic E-state index is -0.705. The van der Waals surface area contributed by atoms with Gasteiger partial charge in [-0.25, -0.2) is 0 Å². The van der Waals surface area contributed by atoms with Crippen LogP contribution in [-0.4, -0.2) is 29.0 Å². The molecular weight excluding hydrogens is 302 g/mol. The number of carbonyl (C=O) groups excluding carboxylic acids is 2. The number of primary amides is 1. The van der Waals surface area contributed by atoms with E-state index in [9.17, 15) is 9.59 Å². The zero-order valence-corrected chi connectivity index (χ0v) is 14.0. The van der Waals surface area contributed by atoms with Crippen LogP contribution < -0.4 is 15.2 Å². The van der Waals surface area contributed by atoms with Crippen molar-refractivity contribution < 1.29 is 19.1 Å². The Morgan fingerprint density at radius 3 is 2.32 bits per heavy atom. The second-order valence-corrected chi connectivity index (χ2v) is 6.37. The largest absolute Gasteiger partial charge is 0.481 e. The minimum Gasteiger partial charge on any atom is -0.481 e. The Morgan fingerprint density at radius 2 is 1.77 bits per heavy atom. The Hall–Kier alpha value is -1.69. The molecule has 1 rings (SSSR count). The molecule has 6 heteroatoms. The van der Waals surface area contributed by atoms with Crippen LogP contribution in [0, 0.1) is 0 Å². The van der Waals surface area contributed by atoms with E-state index in [1.165, 1.54) is 0 Å². The number of unbranched alkanes of at least 4 members (excludes halogenated alkanes) is 1. The molecule has 122 valence electrons. The van der Waals surface area contributed by atoms with Crippen molar-refractivity contribution in [2.24, 2.45) is 5.73 Å². The van der Waals surface area contributed by atoms with Crippen molar-refractivity contribution in [3.05, 3.63) is 24.3 Å². The lowest BCUT2D eigenvalue weighted by atomic mass is 10.3. The second-order valence-electron chi connectivity index (χ2n) is 4.92. The van der Waals surface area contributed by atoms with Gasteiger partial charge >= 0.3 is 5.97 Å². The Labute approximate surface area is 135 Å². The Kier molecular flexibility index (Phi) is 7.80. The highest BCUT2D eigenvalue weighted by molar-refractivity contribution is 8.00. The van der Waals surface area contributed by atoms with Crippen LogP contribution in [0.25, 0.3) is 0 Å². The smallest absolute Gasteiger partial charge is 0.324 e. The third-order valence-electron chi connectivity index (χ3n) is 2.95. The molecule has 0 radical (unpaired) electrons. The maximum atomic E-state index is 11.9. The molecule has 5 nitrogen and oxygen atoms in total. The van der Waals surface area contributed by atoms with Gasteiger partial charge in [-0.05, 0) is 50.3 Å². The summed E-state index contributed by atoms with van der Waals surface area (Å²) in [6.45, 7) is 5.53. The first-order valence-electron chi connectivity index (χ1n) is 7.33. The van der Waals surface area contributed by atoms with Crippen LogP contribution in [0.1, 0.15) is 33.6 Å². The molecule has 0 unspecified atom stereocenters. The standard InChI is InChI=1S/C16H23NO4S/c1-4-5-10-22-12(3)16(19)21-14-8-6-13(7-9-14)20-11(2)15(17)18/h6-9,11-12H,4-5,10H2,1-3H3,(H2,17,18)/t11-,12-/m1/s1. The molecule has 0 aliphatic carbocycles. The number of amides is 1. The summed E-state index contributed by atoms with van der Waals surface area (Å²) in [6.07, 6.45) is 1.50. The predicted molar refractivity (Wildman–Crippen MR) is 88.2 cm³/mol. The summed E-state index contributed by atoms with van der Waals surface area (Å²) in [5.74, 6) is 1.10. The predicted octanol–water partition coefficient (Wildman–Crippen LogP) is 2.77. The SMILES string of the molecule is CCCCS[C@H](C)C(=O)Oc1ccc(O[C@H](C)C(N)=O)cc1. The lowest BCUT2D eigenvalue weighted by molar-refractivity contribution is -0.133. The first-order valence-corrected chi connectivity index (χ1v) is 8.38. The number of carbonyl (C=O) groups is 2. The molecular formula is C16H23NO4S. The highest BCUT2D eigenvalue weighted by Crippen LogP contribution is 2.21. The Balaban J connectivity index is 2.49. The van der Waals surface area contributed by atoms with Gasteiger partial charge in [0.05, 0.1) is 0 Å². The van der Waals surface area contributed by atoms with Crippen molar-refractivity contribution in [3.8, 4) is 11.5 Å². The molecule has 1 aromatic rings. The molecule has 0 fully saturated rings. The van der Waals surface area contributed by atoms with Gasteiger partial charge in [-0.1, -0.05) is 13.3 Å². The van der Waals surface area contributed by atoms with Gasteiger partial charge in [0.25, 0.3) is 5.91 Å².